The average Bonchev–Trinajstić information content (AvgIpc) is 2.61. The molecule has 0 saturated carbocycles. The standard InChI is InChI=1S/C12H18N2O2/c1-7-3-11-12(16-6-15-11)5-9(7)10(14)4-8(2)13/h3,5,8,10H,4,6,13-14H2,1-2H3. The highest BCUT2D eigenvalue weighted by atomic mass is 16.7. The summed E-state index contributed by atoms with van der Waals surface area (Å²) < 4.78 is 10.6. The van der Waals surface area contributed by atoms with Crippen molar-refractivity contribution in [3.63, 3.8) is 0 Å². The van der Waals surface area contributed by atoms with E-state index in [2.05, 4.69) is 0 Å². The van der Waals surface area contributed by atoms with Gasteiger partial charge < -0.3 is 20.9 Å². The number of benzene rings is 1. The van der Waals surface area contributed by atoms with Crippen LogP contribution >= 0.6 is 0 Å². The van der Waals surface area contributed by atoms with Gasteiger partial charge in [0.25, 0.3) is 0 Å². The molecule has 1 aromatic carbocycles. The third-order valence-corrected chi connectivity index (χ3v) is 2.79. The lowest BCUT2D eigenvalue weighted by Crippen LogP contribution is -2.23. The maximum absolute atomic E-state index is 6.11. The van der Waals surface area contributed by atoms with E-state index in [9.17, 15) is 0 Å². The van der Waals surface area contributed by atoms with Gasteiger partial charge in [0, 0.05) is 12.1 Å². The monoisotopic (exact) mass is 222 g/mol. The molecule has 88 valence electrons. The quantitative estimate of drug-likeness (QED) is 0.812. The van der Waals surface area contributed by atoms with Gasteiger partial charge in [-0.05, 0) is 43.5 Å². The van der Waals surface area contributed by atoms with Crippen LogP contribution in [0.4, 0.5) is 0 Å². The third-order valence-electron chi connectivity index (χ3n) is 2.79. The summed E-state index contributed by atoms with van der Waals surface area (Å²) in [6.45, 7) is 4.28. The zero-order valence-electron chi connectivity index (χ0n) is 9.69. The average molecular weight is 222 g/mol. The Morgan fingerprint density at radius 3 is 2.50 bits per heavy atom. The topological polar surface area (TPSA) is 70.5 Å². The molecule has 0 radical (unpaired) electrons. The van der Waals surface area contributed by atoms with Gasteiger partial charge in [-0.2, -0.15) is 0 Å². The molecule has 2 rings (SSSR count). The molecule has 1 aromatic rings. The van der Waals surface area contributed by atoms with Gasteiger partial charge in [-0.1, -0.05) is 0 Å². The summed E-state index contributed by atoms with van der Waals surface area (Å²) in [5, 5.41) is 0. The molecule has 1 aliphatic heterocycles. The van der Waals surface area contributed by atoms with Crippen LogP contribution in [0.5, 0.6) is 11.5 Å². The molecule has 4 N–H and O–H groups in total. The molecule has 0 bridgehead atoms. The second kappa shape index (κ2) is 4.31. The molecule has 0 amide bonds. The van der Waals surface area contributed by atoms with E-state index >= 15 is 0 Å². The molecule has 2 unspecified atom stereocenters. The molecule has 1 aliphatic rings. The summed E-state index contributed by atoms with van der Waals surface area (Å²) in [4.78, 5) is 0. The molecule has 0 aromatic heterocycles. The van der Waals surface area contributed by atoms with Crippen molar-refractivity contribution in [1.82, 2.24) is 0 Å². The first-order valence-electron chi connectivity index (χ1n) is 5.49. The van der Waals surface area contributed by atoms with Gasteiger partial charge in [0.1, 0.15) is 0 Å². The van der Waals surface area contributed by atoms with Gasteiger partial charge in [-0.15, -0.1) is 0 Å². The number of aryl methyl sites for hydroxylation is 1. The van der Waals surface area contributed by atoms with Crippen molar-refractivity contribution in [2.75, 3.05) is 6.79 Å². The van der Waals surface area contributed by atoms with Crippen LogP contribution in [-0.2, 0) is 0 Å². The van der Waals surface area contributed by atoms with E-state index in [0.29, 0.717) is 6.79 Å². The molecule has 4 heteroatoms. The Balaban J connectivity index is 2.27. The first-order chi connectivity index (χ1) is 7.58. The van der Waals surface area contributed by atoms with E-state index in [1.54, 1.807) is 0 Å². The van der Waals surface area contributed by atoms with Crippen LogP contribution in [0.3, 0.4) is 0 Å². The van der Waals surface area contributed by atoms with Crippen LogP contribution in [-0.4, -0.2) is 12.8 Å². The summed E-state index contributed by atoms with van der Waals surface area (Å²) in [6.07, 6.45) is 0.764. The van der Waals surface area contributed by atoms with E-state index in [1.165, 1.54) is 0 Å². The molecule has 1 heterocycles. The minimum Gasteiger partial charge on any atom is -0.454 e. The lowest BCUT2D eigenvalue weighted by molar-refractivity contribution is 0.174. The van der Waals surface area contributed by atoms with Crippen molar-refractivity contribution in [1.29, 1.82) is 0 Å². The highest BCUT2D eigenvalue weighted by Crippen LogP contribution is 2.36. The second-order valence-corrected chi connectivity index (χ2v) is 4.38. The fraction of sp³-hybridized carbons (Fsp3) is 0.500. The Morgan fingerprint density at radius 2 is 1.88 bits per heavy atom. The van der Waals surface area contributed by atoms with Gasteiger partial charge in [0.2, 0.25) is 6.79 Å². The minimum absolute atomic E-state index is 0.0468. The van der Waals surface area contributed by atoms with E-state index in [-0.39, 0.29) is 12.1 Å². The minimum atomic E-state index is -0.0468. The summed E-state index contributed by atoms with van der Waals surface area (Å²) in [5.74, 6) is 1.58. The molecule has 0 fully saturated rings. The largest absolute Gasteiger partial charge is 0.454 e. The summed E-state index contributed by atoms with van der Waals surface area (Å²) in [5.41, 5.74) is 14.1. The number of rotatable bonds is 3. The van der Waals surface area contributed by atoms with E-state index in [0.717, 1.165) is 29.0 Å². The fourth-order valence-corrected chi connectivity index (χ4v) is 1.99. The van der Waals surface area contributed by atoms with Crippen molar-refractivity contribution >= 4 is 0 Å². The van der Waals surface area contributed by atoms with E-state index in [1.807, 2.05) is 26.0 Å². The lowest BCUT2D eigenvalue weighted by atomic mass is 9.96. The molecule has 4 nitrogen and oxygen atoms in total. The van der Waals surface area contributed by atoms with Gasteiger partial charge in [0.05, 0.1) is 0 Å². The molecule has 0 spiro atoms. The Hall–Kier alpha value is -1.26. The van der Waals surface area contributed by atoms with Gasteiger partial charge in [0.15, 0.2) is 11.5 Å². The normalized spacial score (nSPS) is 17.2. The van der Waals surface area contributed by atoms with Gasteiger partial charge in [-0.3, -0.25) is 0 Å². The number of hydrogen-bond acceptors (Lipinski definition) is 4. The first-order valence-corrected chi connectivity index (χ1v) is 5.49. The maximum Gasteiger partial charge on any atom is 0.231 e. The number of hydrogen-bond donors (Lipinski definition) is 2. The van der Waals surface area contributed by atoms with Crippen LogP contribution in [0, 0.1) is 6.92 Å². The molecule has 0 saturated heterocycles. The van der Waals surface area contributed by atoms with Gasteiger partial charge >= 0.3 is 0 Å². The Kier molecular flexibility index (Phi) is 3.03. The van der Waals surface area contributed by atoms with Crippen LogP contribution < -0.4 is 20.9 Å². The lowest BCUT2D eigenvalue weighted by Gasteiger charge is -2.17. The second-order valence-electron chi connectivity index (χ2n) is 4.38. The number of fused-ring (bicyclic) bond motifs is 1. The predicted octanol–water partition coefficient (Wildman–Crippen LogP) is 1.46. The maximum atomic E-state index is 6.11. The number of nitrogens with two attached hydrogens (primary N) is 2. The summed E-state index contributed by atoms with van der Waals surface area (Å²) in [6, 6.07) is 3.98. The van der Waals surface area contributed by atoms with Crippen LogP contribution in [0.2, 0.25) is 0 Å². The van der Waals surface area contributed by atoms with Crippen molar-refractivity contribution in [2.24, 2.45) is 11.5 Å². The van der Waals surface area contributed by atoms with Crippen LogP contribution in [0.15, 0.2) is 12.1 Å². The van der Waals surface area contributed by atoms with Crippen molar-refractivity contribution in [3.05, 3.63) is 23.3 Å². The van der Waals surface area contributed by atoms with Crippen LogP contribution in [0.1, 0.15) is 30.5 Å². The Labute approximate surface area is 95.5 Å². The Morgan fingerprint density at radius 1 is 1.25 bits per heavy atom. The smallest absolute Gasteiger partial charge is 0.231 e. The highest BCUT2D eigenvalue weighted by molar-refractivity contribution is 5.49. The predicted molar refractivity (Wildman–Crippen MR) is 62.5 cm³/mol. The van der Waals surface area contributed by atoms with Crippen molar-refractivity contribution in [2.45, 2.75) is 32.4 Å². The third kappa shape index (κ3) is 2.13. The summed E-state index contributed by atoms with van der Waals surface area (Å²) >= 11 is 0. The van der Waals surface area contributed by atoms with Crippen molar-refractivity contribution in [3.8, 4) is 11.5 Å². The SMILES string of the molecule is Cc1cc2c(cc1C(N)CC(C)N)OCO2. The van der Waals surface area contributed by atoms with Crippen LogP contribution in [0.25, 0.3) is 0 Å². The molecule has 2 atom stereocenters. The first kappa shape index (κ1) is 11.2. The van der Waals surface area contributed by atoms with Gasteiger partial charge in [-0.25, -0.2) is 0 Å². The fourth-order valence-electron chi connectivity index (χ4n) is 1.99. The highest BCUT2D eigenvalue weighted by Gasteiger charge is 2.19. The molecule has 0 aliphatic carbocycles. The zero-order chi connectivity index (χ0) is 11.7. The summed E-state index contributed by atoms with van der Waals surface area (Å²) in [7, 11) is 0. The zero-order valence-corrected chi connectivity index (χ0v) is 9.69. The molecule has 16 heavy (non-hydrogen) atoms. The molecular weight excluding hydrogens is 204 g/mol. The van der Waals surface area contributed by atoms with Crippen molar-refractivity contribution < 1.29 is 9.47 Å². The van der Waals surface area contributed by atoms with E-state index < -0.39 is 0 Å². The Bertz CT molecular complexity index is 391. The molecular formula is C12H18N2O2. The number of ether oxygens (including phenoxy) is 2. The van der Waals surface area contributed by atoms with E-state index in [4.69, 9.17) is 20.9 Å².